The Morgan fingerprint density at radius 3 is 3.06 bits per heavy atom. The molecule has 1 fully saturated rings. The van der Waals surface area contributed by atoms with E-state index in [1.807, 2.05) is 24.0 Å². The Morgan fingerprint density at radius 2 is 2.28 bits per heavy atom. The van der Waals surface area contributed by atoms with Gasteiger partial charge in [0.1, 0.15) is 5.82 Å². The molecule has 1 saturated heterocycles. The van der Waals surface area contributed by atoms with Crippen LogP contribution in [0.1, 0.15) is 31.7 Å². The van der Waals surface area contributed by atoms with Gasteiger partial charge in [0.15, 0.2) is 0 Å². The highest BCUT2D eigenvalue weighted by molar-refractivity contribution is 7.99. The molecule has 18 heavy (non-hydrogen) atoms. The Kier molecular flexibility index (Phi) is 5.81. The van der Waals surface area contributed by atoms with E-state index in [0.29, 0.717) is 0 Å². The quantitative estimate of drug-likeness (QED) is 0.856. The first-order valence-corrected chi connectivity index (χ1v) is 7.82. The van der Waals surface area contributed by atoms with Gasteiger partial charge < -0.3 is 10.1 Å². The number of ether oxygens (including phenoxy) is 1. The lowest BCUT2D eigenvalue weighted by atomic mass is 10.2. The molecule has 1 aromatic rings. The molecule has 0 radical (unpaired) electrons. The topological polar surface area (TPSA) is 34.2 Å². The van der Waals surface area contributed by atoms with Crippen LogP contribution in [0.5, 0.6) is 0 Å². The fraction of sp³-hybridized carbons (Fsp3) is 0.643. The fourth-order valence-corrected chi connectivity index (χ4v) is 3.18. The molecule has 0 unspecified atom stereocenters. The molecule has 2 rings (SSSR count). The van der Waals surface area contributed by atoms with E-state index in [-0.39, 0.29) is 0 Å². The van der Waals surface area contributed by atoms with Crippen molar-refractivity contribution in [2.24, 2.45) is 0 Å². The van der Waals surface area contributed by atoms with E-state index in [1.54, 1.807) is 0 Å². The first-order valence-electron chi connectivity index (χ1n) is 6.77. The highest BCUT2D eigenvalue weighted by atomic mass is 32.2. The molecule has 0 aromatic carbocycles. The van der Waals surface area contributed by atoms with Gasteiger partial charge in [-0.25, -0.2) is 4.98 Å². The molecule has 0 saturated carbocycles. The number of hydrogen-bond acceptors (Lipinski definition) is 4. The monoisotopic (exact) mass is 266 g/mol. The Labute approximate surface area is 114 Å². The number of nitrogens with one attached hydrogen (secondary N) is 1. The molecule has 2 heterocycles. The van der Waals surface area contributed by atoms with Gasteiger partial charge in [-0.05, 0) is 25.3 Å². The molecule has 4 heteroatoms. The maximum Gasteiger partial charge on any atom is 0.129 e. The van der Waals surface area contributed by atoms with E-state index >= 15 is 0 Å². The molecule has 1 aliphatic rings. The smallest absolute Gasteiger partial charge is 0.129 e. The number of aromatic nitrogens is 1. The van der Waals surface area contributed by atoms with Crippen molar-refractivity contribution in [1.29, 1.82) is 0 Å². The van der Waals surface area contributed by atoms with Gasteiger partial charge in [-0.15, -0.1) is 0 Å². The average molecular weight is 266 g/mol. The predicted octanol–water partition coefficient (Wildman–Crippen LogP) is 3.32. The Bertz CT molecular complexity index is 353. The predicted molar refractivity (Wildman–Crippen MR) is 78.2 cm³/mol. The van der Waals surface area contributed by atoms with E-state index in [0.717, 1.165) is 43.0 Å². The number of anilines is 1. The second kappa shape index (κ2) is 7.64. The summed E-state index contributed by atoms with van der Waals surface area (Å²) >= 11 is 2.04. The van der Waals surface area contributed by atoms with E-state index in [1.165, 1.54) is 18.4 Å². The van der Waals surface area contributed by atoms with Crippen molar-refractivity contribution >= 4 is 17.6 Å². The van der Waals surface area contributed by atoms with E-state index in [9.17, 15) is 0 Å². The van der Waals surface area contributed by atoms with Crippen LogP contribution in [-0.4, -0.2) is 30.0 Å². The summed E-state index contributed by atoms with van der Waals surface area (Å²) in [4.78, 5) is 4.43. The maximum absolute atomic E-state index is 5.39. The van der Waals surface area contributed by atoms with Crippen molar-refractivity contribution in [2.75, 3.05) is 25.1 Å². The van der Waals surface area contributed by atoms with Crippen molar-refractivity contribution in [1.82, 2.24) is 4.98 Å². The minimum atomic E-state index is 0.748. The molecule has 0 bridgehead atoms. The van der Waals surface area contributed by atoms with Gasteiger partial charge >= 0.3 is 0 Å². The zero-order valence-electron chi connectivity index (χ0n) is 11.0. The number of rotatable bonds is 6. The van der Waals surface area contributed by atoms with Crippen LogP contribution in [0.4, 0.5) is 5.82 Å². The second-order valence-corrected chi connectivity index (χ2v) is 5.85. The summed E-state index contributed by atoms with van der Waals surface area (Å²) in [5, 5.41) is 4.15. The zero-order valence-corrected chi connectivity index (χ0v) is 11.8. The number of nitrogens with zero attached hydrogens (tertiary/aromatic N) is 1. The summed E-state index contributed by atoms with van der Waals surface area (Å²) in [6.07, 6.45) is 5.36. The summed E-state index contributed by atoms with van der Waals surface area (Å²) < 4.78 is 5.39. The summed E-state index contributed by atoms with van der Waals surface area (Å²) in [6, 6.07) is 4.20. The highest BCUT2D eigenvalue weighted by Crippen LogP contribution is 2.27. The molecule has 3 nitrogen and oxygen atoms in total. The van der Waals surface area contributed by atoms with Crippen LogP contribution in [0, 0.1) is 0 Å². The average Bonchev–Trinajstić information content (AvgIpc) is 2.45. The summed E-state index contributed by atoms with van der Waals surface area (Å²) in [6.45, 7) is 5.01. The molecular formula is C14H22N2OS. The minimum absolute atomic E-state index is 0.748. The van der Waals surface area contributed by atoms with Gasteiger partial charge in [-0.3, -0.25) is 0 Å². The van der Waals surface area contributed by atoms with Crippen LogP contribution in [-0.2, 0) is 10.5 Å². The summed E-state index contributed by atoms with van der Waals surface area (Å²) in [5.41, 5.74) is 1.32. The molecule has 0 atom stereocenters. The van der Waals surface area contributed by atoms with Crippen molar-refractivity contribution < 1.29 is 4.74 Å². The van der Waals surface area contributed by atoms with Gasteiger partial charge in [0.05, 0.1) is 0 Å². The molecule has 1 N–H and O–H groups in total. The normalized spacial score (nSPS) is 16.7. The zero-order chi connectivity index (χ0) is 12.6. The van der Waals surface area contributed by atoms with Gasteiger partial charge in [-0.1, -0.05) is 13.0 Å². The lowest BCUT2D eigenvalue weighted by molar-refractivity contribution is 0.1000. The lowest BCUT2D eigenvalue weighted by Crippen LogP contribution is -2.17. The Morgan fingerprint density at radius 1 is 1.44 bits per heavy atom. The molecule has 1 aliphatic heterocycles. The minimum Gasteiger partial charge on any atom is -0.381 e. The van der Waals surface area contributed by atoms with Crippen molar-refractivity contribution in [2.45, 2.75) is 37.2 Å². The van der Waals surface area contributed by atoms with Crippen LogP contribution in [0.25, 0.3) is 0 Å². The van der Waals surface area contributed by atoms with Crippen LogP contribution in [0.15, 0.2) is 18.3 Å². The molecule has 0 amide bonds. The van der Waals surface area contributed by atoms with E-state index in [4.69, 9.17) is 4.74 Å². The lowest BCUT2D eigenvalue weighted by Gasteiger charge is -2.21. The highest BCUT2D eigenvalue weighted by Gasteiger charge is 2.14. The van der Waals surface area contributed by atoms with Crippen molar-refractivity contribution in [3.63, 3.8) is 0 Å². The first kappa shape index (κ1) is 13.7. The van der Waals surface area contributed by atoms with Gasteiger partial charge in [0.2, 0.25) is 0 Å². The number of pyridine rings is 1. The fourth-order valence-electron chi connectivity index (χ4n) is 2.01. The number of thioether (sulfide) groups is 1. The Balaban J connectivity index is 1.87. The van der Waals surface area contributed by atoms with Crippen molar-refractivity contribution in [3.05, 3.63) is 23.9 Å². The number of hydrogen-bond donors (Lipinski definition) is 1. The summed E-state index contributed by atoms with van der Waals surface area (Å²) in [5.74, 6) is 2.10. The second-order valence-electron chi connectivity index (χ2n) is 4.56. The largest absolute Gasteiger partial charge is 0.381 e. The van der Waals surface area contributed by atoms with Crippen LogP contribution < -0.4 is 5.32 Å². The third kappa shape index (κ3) is 4.18. The third-order valence-electron chi connectivity index (χ3n) is 3.08. The SMILES string of the molecule is CCCNc1ncccc1CSC1CCOCC1. The molecular weight excluding hydrogens is 244 g/mol. The molecule has 1 aromatic heterocycles. The van der Waals surface area contributed by atoms with E-state index in [2.05, 4.69) is 23.3 Å². The van der Waals surface area contributed by atoms with Gasteiger partial charge in [0, 0.05) is 42.5 Å². The van der Waals surface area contributed by atoms with E-state index < -0.39 is 0 Å². The summed E-state index contributed by atoms with van der Waals surface area (Å²) in [7, 11) is 0. The van der Waals surface area contributed by atoms with Crippen LogP contribution >= 0.6 is 11.8 Å². The maximum atomic E-state index is 5.39. The third-order valence-corrected chi connectivity index (χ3v) is 4.50. The molecule has 0 aliphatic carbocycles. The van der Waals surface area contributed by atoms with Crippen LogP contribution in [0.2, 0.25) is 0 Å². The van der Waals surface area contributed by atoms with Gasteiger partial charge in [-0.2, -0.15) is 11.8 Å². The standard InChI is InChI=1S/C14H22N2OS/c1-2-7-15-14-12(4-3-8-16-14)11-18-13-5-9-17-10-6-13/h3-4,8,13H,2,5-7,9-11H2,1H3,(H,15,16). The molecule has 100 valence electrons. The van der Waals surface area contributed by atoms with Crippen LogP contribution in [0.3, 0.4) is 0 Å². The first-order chi connectivity index (χ1) is 8.90. The van der Waals surface area contributed by atoms with Gasteiger partial charge in [0.25, 0.3) is 0 Å². The van der Waals surface area contributed by atoms with Crippen molar-refractivity contribution in [3.8, 4) is 0 Å². The molecule has 0 spiro atoms. The Hall–Kier alpha value is -0.740.